The van der Waals surface area contributed by atoms with Gasteiger partial charge in [-0.3, -0.25) is 14.4 Å². The molecule has 120 valence electrons. The molecular formula is C13H20O8. The van der Waals surface area contributed by atoms with Crippen LogP contribution in [0.5, 0.6) is 0 Å². The van der Waals surface area contributed by atoms with E-state index >= 15 is 0 Å². The van der Waals surface area contributed by atoms with Crippen molar-refractivity contribution >= 4 is 17.9 Å². The van der Waals surface area contributed by atoms with E-state index in [-0.39, 0.29) is 13.2 Å². The number of carbonyl (C=O) groups is 3. The van der Waals surface area contributed by atoms with Gasteiger partial charge in [0.1, 0.15) is 18.8 Å². The Morgan fingerprint density at radius 1 is 1.00 bits per heavy atom. The Morgan fingerprint density at radius 3 is 2.10 bits per heavy atom. The second kappa shape index (κ2) is 7.94. The van der Waals surface area contributed by atoms with E-state index in [1.807, 2.05) is 0 Å². The van der Waals surface area contributed by atoms with Gasteiger partial charge in [-0.2, -0.15) is 0 Å². The van der Waals surface area contributed by atoms with Crippen molar-refractivity contribution in [1.82, 2.24) is 0 Å². The maximum atomic E-state index is 11.2. The Labute approximate surface area is 122 Å². The zero-order chi connectivity index (χ0) is 16.0. The molecule has 0 unspecified atom stereocenters. The molecule has 4 atom stereocenters. The molecule has 1 rings (SSSR count). The Balaban J connectivity index is 2.84. The minimum absolute atomic E-state index is 0.0573. The average Bonchev–Trinajstić information content (AvgIpc) is 2.36. The molecule has 21 heavy (non-hydrogen) atoms. The molecule has 0 aromatic carbocycles. The Kier molecular flexibility index (Phi) is 6.57. The summed E-state index contributed by atoms with van der Waals surface area (Å²) in [5, 5.41) is 0. The number of rotatable bonds is 5. The lowest BCUT2D eigenvalue weighted by Crippen LogP contribution is -2.57. The van der Waals surface area contributed by atoms with Crippen molar-refractivity contribution in [3.05, 3.63) is 0 Å². The predicted molar refractivity (Wildman–Crippen MR) is 68.3 cm³/mol. The van der Waals surface area contributed by atoms with Gasteiger partial charge in [0.15, 0.2) is 12.2 Å². The molecule has 1 aliphatic rings. The molecule has 0 bridgehead atoms. The first-order chi connectivity index (χ1) is 9.85. The fraction of sp³-hybridized carbons (Fsp3) is 0.769. The van der Waals surface area contributed by atoms with E-state index < -0.39 is 42.3 Å². The molecule has 1 heterocycles. The number of esters is 3. The van der Waals surface area contributed by atoms with Crippen LogP contribution in [0, 0.1) is 0 Å². The van der Waals surface area contributed by atoms with Crippen molar-refractivity contribution in [2.24, 2.45) is 0 Å². The summed E-state index contributed by atoms with van der Waals surface area (Å²) in [5.41, 5.74) is 0. The summed E-state index contributed by atoms with van der Waals surface area (Å²) in [5.74, 6) is -1.51. The second-order valence-corrected chi connectivity index (χ2v) is 4.60. The third-order valence-electron chi connectivity index (χ3n) is 2.87. The van der Waals surface area contributed by atoms with Crippen LogP contribution in [0.2, 0.25) is 0 Å². The van der Waals surface area contributed by atoms with Crippen LogP contribution < -0.4 is 0 Å². The van der Waals surface area contributed by atoms with Crippen LogP contribution in [0.25, 0.3) is 0 Å². The van der Waals surface area contributed by atoms with Gasteiger partial charge in [0, 0.05) is 27.9 Å². The highest BCUT2D eigenvalue weighted by Gasteiger charge is 2.45. The van der Waals surface area contributed by atoms with Gasteiger partial charge in [-0.25, -0.2) is 0 Å². The molecule has 0 aromatic heterocycles. The number of hydrogen-bond acceptors (Lipinski definition) is 8. The Hall–Kier alpha value is -1.67. The molecule has 0 spiro atoms. The molecule has 0 aliphatic carbocycles. The van der Waals surface area contributed by atoms with Crippen molar-refractivity contribution in [1.29, 1.82) is 0 Å². The first-order valence-electron chi connectivity index (χ1n) is 6.47. The van der Waals surface area contributed by atoms with E-state index in [4.69, 9.17) is 23.7 Å². The highest BCUT2D eigenvalue weighted by molar-refractivity contribution is 5.67. The van der Waals surface area contributed by atoms with Gasteiger partial charge in [0.05, 0.1) is 6.61 Å². The highest BCUT2D eigenvalue weighted by atomic mass is 16.6. The molecule has 0 radical (unpaired) electrons. The lowest BCUT2D eigenvalue weighted by Gasteiger charge is -2.40. The van der Waals surface area contributed by atoms with Crippen molar-refractivity contribution in [3.8, 4) is 0 Å². The smallest absolute Gasteiger partial charge is 0.303 e. The number of hydrogen-bond donors (Lipinski definition) is 0. The van der Waals surface area contributed by atoms with Gasteiger partial charge < -0.3 is 23.7 Å². The second-order valence-electron chi connectivity index (χ2n) is 4.60. The molecule has 1 aliphatic heterocycles. The number of ether oxygens (including phenoxy) is 5. The lowest BCUT2D eigenvalue weighted by molar-refractivity contribution is -0.227. The Morgan fingerprint density at radius 2 is 1.62 bits per heavy atom. The summed E-state index contributed by atoms with van der Waals surface area (Å²) >= 11 is 0. The van der Waals surface area contributed by atoms with Gasteiger partial charge in [0.25, 0.3) is 0 Å². The first-order valence-corrected chi connectivity index (χ1v) is 6.47. The zero-order valence-electron chi connectivity index (χ0n) is 12.5. The van der Waals surface area contributed by atoms with Gasteiger partial charge >= 0.3 is 17.9 Å². The SMILES string of the molecule is CO[C@@H]1[C@@H](OC(C)=O)[C@H](COC(C)=O)OC[C@H]1OC(C)=O. The van der Waals surface area contributed by atoms with Crippen molar-refractivity contribution in [2.75, 3.05) is 20.3 Å². The highest BCUT2D eigenvalue weighted by Crippen LogP contribution is 2.24. The first kappa shape index (κ1) is 17.4. The van der Waals surface area contributed by atoms with Gasteiger partial charge in [-0.1, -0.05) is 0 Å². The largest absolute Gasteiger partial charge is 0.463 e. The van der Waals surface area contributed by atoms with E-state index in [2.05, 4.69) is 0 Å². The Bertz CT molecular complexity index is 394. The molecule has 0 N–H and O–H groups in total. The summed E-state index contributed by atoms with van der Waals surface area (Å²) in [7, 11) is 1.41. The van der Waals surface area contributed by atoms with Crippen LogP contribution in [0.3, 0.4) is 0 Å². The van der Waals surface area contributed by atoms with E-state index in [0.717, 1.165) is 0 Å². The standard InChI is InChI=1S/C13H20O8/c1-7(14)18-5-10-13(21-9(3)16)12(17-4)11(6-19-10)20-8(2)15/h10-13H,5-6H2,1-4H3/t10-,11+,12-,13-/m0/s1. The average molecular weight is 304 g/mol. The van der Waals surface area contributed by atoms with Crippen LogP contribution in [0.4, 0.5) is 0 Å². The molecule has 8 heteroatoms. The van der Waals surface area contributed by atoms with E-state index in [1.165, 1.54) is 27.9 Å². The number of carbonyl (C=O) groups excluding carboxylic acids is 3. The lowest BCUT2D eigenvalue weighted by atomic mass is 9.99. The van der Waals surface area contributed by atoms with Crippen molar-refractivity contribution in [3.63, 3.8) is 0 Å². The van der Waals surface area contributed by atoms with Crippen molar-refractivity contribution in [2.45, 2.75) is 45.2 Å². The maximum absolute atomic E-state index is 11.2. The molecule has 0 amide bonds. The van der Waals surface area contributed by atoms with Crippen molar-refractivity contribution < 1.29 is 38.1 Å². The topological polar surface area (TPSA) is 97.4 Å². The molecule has 1 fully saturated rings. The summed E-state index contributed by atoms with van der Waals surface area (Å²) in [6, 6.07) is 0. The van der Waals surface area contributed by atoms with Gasteiger partial charge in [-0.15, -0.1) is 0 Å². The van der Waals surface area contributed by atoms with E-state index in [9.17, 15) is 14.4 Å². The summed E-state index contributed by atoms with van der Waals surface area (Å²) < 4.78 is 25.9. The van der Waals surface area contributed by atoms with Crippen LogP contribution in [-0.2, 0) is 38.1 Å². The predicted octanol–water partition coefficient (Wildman–Crippen LogP) is -0.173. The normalized spacial score (nSPS) is 28.6. The monoisotopic (exact) mass is 304 g/mol. The summed E-state index contributed by atoms with van der Waals surface area (Å²) in [6.45, 7) is 3.74. The maximum Gasteiger partial charge on any atom is 0.303 e. The number of methoxy groups -OCH3 is 1. The fourth-order valence-corrected chi connectivity index (χ4v) is 2.11. The minimum Gasteiger partial charge on any atom is -0.463 e. The van der Waals surface area contributed by atoms with Crippen LogP contribution in [0.15, 0.2) is 0 Å². The fourth-order valence-electron chi connectivity index (χ4n) is 2.11. The third kappa shape index (κ3) is 5.31. The van der Waals surface area contributed by atoms with E-state index in [1.54, 1.807) is 0 Å². The van der Waals surface area contributed by atoms with Crippen LogP contribution in [-0.4, -0.2) is 62.6 Å². The molecule has 1 saturated heterocycles. The quantitative estimate of drug-likeness (QED) is 0.510. The molecular weight excluding hydrogens is 284 g/mol. The van der Waals surface area contributed by atoms with Crippen LogP contribution >= 0.6 is 0 Å². The zero-order valence-corrected chi connectivity index (χ0v) is 12.5. The van der Waals surface area contributed by atoms with E-state index in [0.29, 0.717) is 0 Å². The molecule has 0 aromatic rings. The molecule has 8 nitrogen and oxygen atoms in total. The molecule has 0 saturated carbocycles. The summed E-state index contributed by atoms with van der Waals surface area (Å²) in [4.78, 5) is 33.2. The van der Waals surface area contributed by atoms with Gasteiger partial charge in [-0.05, 0) is 0 Å². The third-order valence-corrected chi connectivity index (χ3v) is 2.87. The summed E-state index contributed by atoms with van der Waals surface area (Å²) in [6.07, 6.45) is -2.93. The van der Waals surface area contributed by atoms with Gasteiger partial charge in [0.2, 0.25) is 0 Å². The van der Waals surface area contributed by atoms with Crippen LogP contribution in [0.1, 0.15) is 20.8 Å². The minimum atomic E-state index is -0.843.